The molecular formula is C14H11ClN4O2. The summed E-state index contributed by atoms with van der Waals surface area (Å²) in [7, 11) is 1.75. The first-order valence-corrected chi connectivity index (χ1v) is 6.51. The molecule has 2 N–H and O–H groups in total. The molecule has 0 spiro atoms. The molecular weight excluding hydrogens is 292 g/mol. The molecule has 3 aromatic rings. The van der Waals surface area contributed by atoms with Crippen molar-refractivity contribution < 1.29 is 5.11 Å². The number of nitrogens with zero attached hydrogens (tertiary/aromatic N) is 3. The number of hydrogen-bond donors (Lipinski definition) is 2. The van der Waals surface area contributed by atoms with Gasteiger partial charge in [-0.25, -0.2) is 0 Å². The van der Waals surface area contributed by atoms with Crippen LogP contribution in [0.15, 0.2) is 41.3 Å². The highest BCUT2D eigenvalue weighted by Gasteiger charge is 2.15. The highest BCUT2D eigenvalue weighted by Crippen LogP contribution is 2.26. The Bertz CT molecular complexity index is 869. The third kappa shape index (κ3) is 2.53. The monoisotopic (exact) mass is 302 g/mol. The Kier molecular flexibility index (Phi) is 3.23. The largest absolute Gasteiger partial charge is 0.493 e. The second kappa shape index (κ2) is 5.06. The zero-order chi connectivity index (χ0) is 15.0. The van der Waals surface area contributed by atoms with Gasteiger partial charge in [0, 0.05) is 18.3 Å². The quantitative estimate of drug-likeness (QED) is 0.760. The van der Waals surface area contributed by atoms with Gasteiger partial charge in [-0.05, 0) is 23.8 Å². The van der Waals surface area contributed by atoms with E-state index in [2.05, 4.69) is 15.1 Å². The third-order valence-electron chi connectivity index (χ3n) is 2.97. The molecule has 1 aromatic carbocycles. The number of aromatic hydroxyl groups is 1. The van der Waals surface area contributed by atoms with Crippen molar-refractivity contribution in [3.8, 4) is 28.5 Å². The molecule has 0 radical (unpaired) electrons. The van der Waals surface area contributed by atoms with Crippen molar-refractivity contribution in [2.24, 2.45) is 7.05 Å². The van der Waals surface area contributed by atoms with E-state index >= 15 is 0 Å². The highest BCUT2D eigenvalue weighted by atomic mass is 35.5. The average molecular weight is 303 g/mol. The zero-order valence-electron chi connectivity index (χ0n) is 11.0. The molecule has 2 heterocycles. The molecule has 21 heavy (non-hydrogen) atoms. The molecule has 0 saturated carbocycles. The molecule has 3 rings (SSSR count). The van der Waals surface area contributed by atoms with Gasteiger partial charge in [-0.2, -0.15) is 10.1 Å². The summed E-state index contributed by atoms with van der Waals surface area (Å²) in [5, 5.41) is 14.7. The van der Waals surface area contributed by atoms with E-state index in [4.69, 9.17) is 11.6 Å². The SMILES string of the molecule is Cn1ccc(-c2nc(O)c(-c3cccc(Cl)c3)c(=O)[nH]2)n1. The Balaban J connectivity index is 2.15. The lowest BCUT2D eigenvalue weighted by Crippen LogP contribution is -2.12. The van der Waals surface area contributed by atoms with Gasteiger partial charge < -0.3 is 10.1 Å². The molecule has 0 aliphatic heterocycles. The fraction of sp³-hybridized carbons (Fsp3) is 0.0714. The smallest absolute Gasteiger partial charge is 0.262 e. The summed E-state index contributed by atoms with van der Waals surface area (Å²) >= 11 is 5.90. The number of halogens is 1. The number of benzene rings is 1. The highest BCUT2D eigenvalue weighted by molar-refractivity contribution is 6.30. The molecule has 6 nitrogen and oxygen atoms in total. The zero-order valence-corrected chi connectivity index (χ0v) is 11.8. The fourth-order valence-electron chi connectivity index (χ4n) is 2.03. The van der Waals surface area contributed by atoms with Crippen molar-refractivity contribution >= 4 is 11.6 Å². The van der Waals surface area contributed by atoms with Crippen LogP contribution in [0.2, 0.25) is 5.02 Å². The second-order valence-electron chi connectivity index (χ2n) is 4.50. The van der Waals surface area contributed by atoms with Gasteiger partial charge in [-0.15, -0.1) is 0 Å². The van der Waals surface area contributed by atoms with E-state index in [0.29, 0.717) is 16.3 Å². The number of nitrogens with one attached hydrogen (secondary N) is 1. The Morgan fingerprint density at radius 1 is 1.33 bits per heavy atom. The van der Waals surface area contributed by atoms with E-state index in [1.807, 2.05) is 0 Å². The predicted molar refractivity (Wildman–Crippen MR) is 79.2 cm³/mol. The lowest BCUT2D eigenvalue weighted by atomic mass is 10.1. The van der Waals surface area contributed by atoms with Crippen molar-refractivity contribution in [2.75, 3.05) is 0 Å². The first kappa shape index (κ1) is 13.4. The van der Waals surface area contributed by atoms with E-state index in [1.54, 1.807) is 48.3 Å². The van der Waals surface area contributed by atoms with Crippen LogP contribution in [0.4, 0.5) is 0 Å². The van der Waals surface area contributed by atoms with E-state index in [-0.39, 0.29) is 17.3 Å². The van der Waals surface area contributed by atoms with Crippen molar-refractivity contribution in [3.63, 3.8) is 0 Å². The van der Waals surface area contributed by atoms with Crippen molar-refractivity contribution in [2.45, 2.75) is 0 Å². The lowest BCUT2D eigenvalue weighted by Gasteiger charge is -2.05. The minimum Gasteiger partial charge on any atom is -0.493 e. The number of H-pyrrole nitrogens is 1. The maximum absolute atomic E-state index is 12.2. The van der Waals surface area contributed by atoms with Crippen molar-refractivity contribution in [1.82, 2.24) is 19.7 Å². The van der Waals surface area contributed by atoms with Crippen LogP contribution >= 0.6 is 11.6 Å². The Morgan fingerprint density at radius 3 is 2.76 bits per heavy atom. The Hall–Kier alpha value is -2.60. The van der Waals surface area contributed by atoms with Gasteiger partial charge in [0.1, 0.15) is 11.3 Å². The Labute approximate surface area is 124 Å². The molecule has 106 valence electrons. The van der Waals surface area contributed by atoms with Gasteiger partial charge in [-0.1, -0.05) is 23.7 Å². The van der Waals surface area contributed by atoms with E-state index in [1.165, 1.54) is 0 Å². The number of hydrogen-bond acceptors (Lipinski definition) is 4. The first-order chi connectivity index (χ1) is 10.0. The van der Waals surface area contributed by atoms with Crippen LogP contribution in [0, 0.1) is 0 Å². The standard InChI is InChI=1S/C14H11ClN4O2/c1-19-6-5-10(18-19)12-16-13(20)11(14(21)17-12)8-3-2-4-9(15)7-8/h2-7H,1H3,(H2,16,17,20,21). The van der Waals surface area contributed by atoms with E-state index < -0.39 is 5.56 Å². The van der Waals surface area contributed by atoms with Crippen LogP contribution in [0.5, 0.6) is 5.88 Å². The molecule has 0 atom stereocenters. The van der Waals surface area contributed by atoms with E-state index in [9.17, 15) is 9.90 Å². The summed E-state index contributed by atoms with van der Waals surface area (Å²) < 4.78 is 1.58. The molecule has 0 aliphatic carbocycles. The molecule has 7 heteroatoms. The van der Waals surface area contributed by atoms with Crippen molar-refractivity contribution in [3.05, 3.63) is 51.9 Å². The van der Waals surface area contributed by atoms with Crippen LogP contribution in [0.25, 0.3) is 22.6 Å². The average Bonchev–Trinajstić information content (AvgIpc) is 2.85. The van der Waals surface area contributed by atoms with Gasteiger partial charge in [0.15, 0.2) is 5.82 Å². The van der Waals surface area contributed by atoms with Gasteiger partial charge >= 0.3 is 0 Å². The summed E-state index contributed by atoms with van der Waals surface area (Å²) in [6.45, 7) is 0. The third-order valence-corrected chi connectivity index (χ3v) is 3.20. The summed E-state index contributed by atoms with van der Waals surface area (Å²) in [6.07, 6.45) is 1.72. The number of rotatable bonds is 2. The molecule has 0 fully saturated rings. The molecule has 0 unspecified atom stereocenters. The van der Waals surface area contributed by atoms with Crippen LogP contribution in [-0.4, -0.2) is 24.9 Å². The molecule has 0 bridgehead atoms. The van der Waals surface area contributed by atoms with Crippen LogP contribution in [-0.2, 0) is 7.05 Å². The minimum absolute atomic E-state index is 0.0807. The molecule has 0 amide bonds. The van der Waals surface area contributed by atoms with Gasteiger partial charge in [-0.3, -0.25) is 9.48 Å². The number of aryl methyl sites for hydroxylation is 1. The normalized spacial score (nSPS) is 10.8. The molecule has 0 saturated heterocycles. The number of aromatic nitrogens is 4. The fourth-order valence-corrected chi connectivity index (χ4v) is 2.22. The summed E-state index contributed by atoms with van der Waals surface area (Å²) in [4.78, 5) is 18.8. The van der Waals surface area contributed by atoms with Gasteiger partial charge in [0.2, 0.25) is 5.88 Å². The van der Waals surface area contributed by atoms with Crippen LogP contribution < -0.4 is 5.56 Å². The summed E-state index contributed by atoms with van der Waals surface area (Å²) in [5.74, 6) is -0.148. The predicted octanol–water partition coefficient (Wildman–Crippen LogP) is 2.20. The van der Waals surface area contributed by atoms with Crippen molar-refractivity contribution in [1.29, 1.82) is 0 Å². The van der Waals surface area contributed by atoms with Crippen LogP contribution in [0.3, 0.4) is 0 Å². The minimum atomic E-state index is -0.453. The second-order valence-corrected chi connectivity index (χ2v) is 4.93. The first-order valence-electron chi connectivity index (χ1n) is 6.14. The maximum atomic E-state index is 12.2. The van der Waals surface area contributed by atoms with E-state index in [0.717, 1.165) is 0 Å². The molecule has 2 aromatic heterocycles. The summed E-state index contributed by atoms with van der Waals surface area (Å²) in [5.41, 5.74) is 0.603. The van der Waals surface area contributed by atoms with Gasteiger partial charge in [0.25, 0.3) is 5.56 Å². The summed E-state index contributed by atoms with van der Waals surface area (Å²) in [6, 6.07) is 8.35. The lowest BCUT2D eigenvalue weighted by molar-refractivity contribution is 0.454. The number of aromatic amines is 1. The maximum Gasteiger partial charge on any atom is 0.262 e. The Morgan fingerprint density at radius 2 is 2.14 bits per heavy atom. The molecule has 0 aliphatic rings. The van der Waals surface area contributed by atoms with Gasteiger partial charge in [0.05, 0.1) is 0 Å². The van der Waals surface area contributed by atoms with Crippen LogP contribution in [0.1, 0.15) is 0 Å². The topological polar surface area (TPSA) is 83.8 Å².